The minimum atomic E-state index is 0.200. The highest BCUT2D eigenvalue weighted by molar-refractivity contribution is 6.31. The van der Waals surface area contributed by atoms with Gasteiger partial charge in [-0.05, 0) is 37.6 Å². The fourth-order valence-corrected chi connectivity index (χ4v) is 2.21. The van der Waals surface area contributed by atoms with E-state index in [0.717, 1.165) is 31.5 Å². The Kier molecular flexibility index (Phi) is 3.91. The second-order valence-electron chi connectivity index (χ2n) is 4.13. The Hall–Kier alpha value is -0.930. The lowest BCUT2D eigenvalue weighted by Gasteiger charge is -2.21. The maximum atomic E-state index is 12.0. The molecule has 0 aliphatic carbocycles. The highest BCUT2D eigenvalue weighted by Gasteiger charge is 2.21. The Balaban J connectivity index is 1.99. The monoisotopic (exact) mass is 238 g/mol. The minimum absolute atomic E-state index is 0.200. The molecule has 1 aliphatic heterocycles. The van der Waals surface area contributed by atoms with Gasteiger partial charge in [0.2, 0.25) is 0 Å². The van der Waals surface area contributed by atoms with Crippen molar-refractivity contribution >= 4 is 17.4 Å². The Morgan fingerprint density at radius 1 is 1.50 bits per heavy atom. The second-order valence-corrected chi connectivity index (χ2v) is 4.54. The molecule has 0 amide bonds. The van der Waals surface area contributed by atoms with Crippen molar-refractivity contribution in [2.75, 3.05) is 13.1 Å². The number of pyridine rings is 1. The van der Waals surface area contributed by atoms with E-state index in [2.05, 4.69) is 10.3 Å². The van der Waals surface area contributed by atoms with Crippen LogP contribution in [0.2, 0.25) is 5.02 Å². The third-order valence-electron chi connectivity index (χ3n) is 3.02. The zero-order valence-corrected chi connectivity index (χ0v) is 9.83. The van der Waals surface area contributed by atoms with E-state index in [4.69, 9.17) is 11.6 Å². The van der Waals surface area contributed by atoms with Gasteiger partial charge < -0.3 is 5.32 Å². The maximum Gasteiger partial charge on any atom is 0.140 e. The third kappa shape index (κ3) is 2.80. The molecule has 0 spiro atoms. The van der Waals surface area contributed by atoms with Crippen molar-refractivity contribution in [3.8, 4) is 0 Å². The van der Waals surface area contributed by atoms with E-state index >= 15 is 0 Å². The van der Waals surface area contributed by atoms with E-state index in [9.17, 15) is 4.79 Å². The van der Waals surface area contributed by atoms with Gasteiger partial charge in [-0.15, -0.1) is 0 Å². The van der Waals surface area contributed by atoms with Crippen molar-refractivity contribution in [3.63, 3.8) is 0 Å². The van der Waals surface area contributed by atoms with Crippen molar-refractivity contribution < 1.29 is 4.79 Å². The first-order valence-electron chi connectivity index (χ1n) is 5.59. The Labute approximate surface area is 100 Å². The number of nitrogens with zero attached hydrogens (tertiary/aromatic N) is 1. The smallest absolute Gasteiger partial charge is 0.140 e. The van der Waals surface area contributed by atoms with E-state index in [1.54, 1.807) is 12.4 Å². The molecule has 1 aromatic heterocycles. The molecule has 1 saturated heterocycles. The first kappa shape index (κ1) is 11.6. The highest BCUT2D eigenvalue weighted by atomic mass is 35.5. The quantitative estimate of drug-likeness (QED) is 0.874. The number of ketones is 1. The van der Waals surface area contributed by atoms with Gasteiger partial charge in [-0.2, -0.15) is 0 Å². The Bertz CT molecular complexity index is 375. The zero-order chi connectivity index (χ0) is 11.4. The number of Topliss-reactive ketones (excluding diaryl/α,β-unsaturated/α-hetero) is 1. The summed E-state index contributed by atoms with van der Waals surface area (Å²) in [6, 6.07) is 1.82. The van der Waals surface area contributed by atoms with Crippen LogP contribution in [-0.4, -0.2) is 23.9 Å². The summed E-state index contributed by atoms with van der Waals surface area (Å²) in [5.41, 5.74) is 0.889. The van der Waals surface area contributed by atoms with Gasteiger partial charge in [-0.1, -0.05) is 11.6 Å². The lowest BCUT2D eigenvalue weighted by molar-refractivity contribution is -0.122. The molecule has 1 aromatic rings. The van der Waals surface area contributed by atoms with E-state index in [0.29, 0.717) is 17.2 Å². The van der Waals surface area contributed by atoms with Crippen molar-refractivity contribution in [2.24, 2.45) is 5.92 Å². The van der Waals surface area contributed by atoms with Crippen LogP contribution in [0.1, 0.15) is 18.4 Å². The molecule has 0 saturated carbocycles. The van der Waals surface area contributed by atoms with Gasteiger partial charge in [0.15, 0.2) is 0 Å². The lowest BCUT2D eigenvalue weighted by Crippen LogP contribution is -2.32. The molecular formula is C12H15ClN2O. The molecule has 4 heteroatoms. The molecule has 1 aliphatic rings. The number of rotatable bonds is 3. The molecule has 86 valence electrons. The lowest BCUT2D eigenvalue weighted by atomic mass is 9.90. The fourth-order valence-electron chi connectivity index (χ4n) is 2.02. The van der Waals surface area contributed by atoms with Crippen molar-refractivity contribution in [1.82, 2.24) is 10.3 Å². The summed E-state index contributed by atoms with van der Waals surface area (Å²) in [6.07, 6.45) is 5.60. The summed E-state index contributed by atoms with van der Waals surface area (Å²) in [5.74, 6) is 0.500. The predicted molar refractivity (Wildman–Crippen MR) is 63.6 cm³/mol. The standard InChI is InChI=1S/C12H15ClN2O/c13-11-8-15-6-3-10(11)7-12(16)9-1-4-14-5-2-9/h3,6,8-9,14H,1-2,4-5,7H2. The third-order valence-corrected chi connectivity index (χ3v) is 3.36. The number of carbonyl (C=O) groups excluding carboxylic acids is 1. The van der Waals surface area contributed by atoms with E-state index < -0.39 is 0 Å². The Morgan fingerprint density at radius 2 is 2.25 bits per heavy atom. The Morgan fingerprint density at radius 3 is 2.94 bits per heavy atom. The van der Waals surface area contributed by atoms with Gasteiger partial charge in [-0.3, -0.25) is 9.78 Å². The van der Waals surface area contributed by atoms with Gasteiger partial charge in [-0.25, -0.2) is 0 Å². The summed E-state index contributed by atoms with van der Waals surface area (Å²) in [5, 5.41) is 3.84. The number of carbonyl (C=O) groups is 1. The minimum Gasteiger partial charge on any atom is -0.317 e. The number of hydrogen-bond acceptors (Lipinski definition) is 3. The molecule has 1 N–H and O–H groups in total. The predicted octanol–water partition coefficient (Wildman–Crippen LogP) is 1.85. The summed E-state index contributed by atoms with van der Waals surface area (Å²) in [7, 11) is 0. The van der Waals surface area contributed by atoms with Gasteiger partial charge in [0.1, 0.15) is 5.78 Å². The summed E-state index contributed by atoms with van der Waals surface area (Å²) < 4.78 is 0. The van der Waals surface area contributed by atoms with Crippen LogP contribution in [0.15, 0.2) is 18.5 Å². The van der Waals surface area contributed by atoms with Crippen LogP contribution in [0.3, 0.4) is 0 Å². The van der Waals surface area contributed by atoms with E-state index in [1.807, 2.05) is 6.07 Å². The average Bonchev–Trinajstić information content (AvgIpc) is 2.33. The van der Waals surface area contributed by atoms with Crippen LogP contribution >= 0.6 is 11.6 Å². The zero-order valence-electron chi connectivity index (χ0n) is 9.08. The largest absolute Gasteiger partial charge is 0.317 e. The van der Waals surface area contributed by atoms with E-state index in [1.165, 1.54) is 0 Å². The average molecular weight is 239 g/mol. The van der Waals surface area contributed by atoms with Crippen molar-refractivity contribution in [3.05, 3.63) is 29.0 Å². The molecule has 0 aromatic carbocycles. The summed E-state index contributed by atoms with van der Waals surface area (Å²) in [4.78, 5) is 15.9. The first-order valence-corrected chi connectivity index (χ1v) is 5.97. The molecular weight excluding hydrogens is 224 g/mol. The molecule has 2 rings (SSSR count). The van der Waals surface area contributed by atoms with Crippen molar-refractivity contribution in [2.45, 2.75) is 19.3 Å². The molecule has 2 heterocycles. The van der Waals surface area contributed by atoms with E-state index in [-0.39, 0.29) is 5.92 Å². The van der Waals surface area contributed by atoms with Crippen LogP contribution in [0.5, 0.6) is 0 Å². The summed E-state index contributed by atoms with van der Waals surface area (Å²) in [6.45, 7) is 1.89. The first-order chi connectivity index (χ1) is 7.77. The second kappa shape index (κ2) is 5.41. The molecule has 1 fully saturated rings. The fraction of sp³-hybridized carbons (Fsp3) is 0.500. The number of halogens is 1. The van der Waals surface area contributed by atoms with Crippen LogP contribution < -0.4 is 5.32 Å². The normalized spacial score (nSPS) is 17.3. The highest BCUT2D eigenvalue weighted by Crippen LogP contribution is 2.19. The number of piperidine rings is 1. The molecule has 0 radical (unpaired) electrons. The molecule has 0 bridgehead atoms. The maximum absolute atomic E-state index is 12.0. The topological polar surface area (TPSA) is 42.0 Å². The van der Waals surface area contributed by atoms with Crippen LogP contribution in [0.4, 0.5) is 0 Å². The molecule has 0 unspecified atom stereocenters. The van der Waals surface area contributed by atoms with Gasteiger partial charge in [0.25, 0.3) is 0 Å². The SMILES string of the molecule is O=C(Cc1ccncc1Cl)C1CCNCC1. The molecule has 0 atom stereocenters. The summed E-state index contributed by atoms with van der Waals surface area (Å²) >= 11 is 5.98. The van der Waals surface area contributed by atoms with Crippen LogP contribution in [-0.2, 0) is 11.2 Å². The van der Waals surface area contributed by atoms with Crippen molar-refractivity contribution in [1.29, 1.82) is 0 Å². The molecule has 3 nitrogen and oxygen atoms in total. The number of nitrogens with one attached hydrogen (secondary N) is 1. The number of hydrogen-bond donors (Lipinski definition) is 1. The van der Waals surface area contributed by atoms with Gasteiger partial charge in [0, 0.05) is 24.7 Å². The van der Waals surface area contributed by atoms with Crippen LogP contribution in [0, 0.1) is 5.92 Å². The molecule has 16 heavy (non-hydrogen) atoms. The van der Waals surface area contributed by atoms with Gasteiger partial charge in [0.05, 0.1) is 5.02 Å². The number of aromatic nitrogens is 1. The van der Waals surface area contributed by atoms with Gasteiger partial charge >= 0.3 is 0 Å². The van der Waals surface area contributed by atoms with Crippen LogP contribution in [0.25, 0.3) is 0 Å².